The van der Waals surface area contributed by atoms with Gasteiger partial charge < -0.3 is 10.5 Å². The Morgan fingerprint density at radius 2 is 2.14 bits per heavy atom. The van der Waals surface area contributed by atoms with Crippen LogP contribution in [0.15, 0.2) is 36.4 Å². The normalized spacial score (nSPS) is 26.1. The van der Waals surface area contributed by atoms with Crippen molar-refractivity contribution in [2.75, 3.05) is 6.54 Å². The summed E-state index contributed by atoms with van der Waals surface area (Å²) in [5.74, 6) is 0.701. The third-order valence-electron chi connectivity index (χ3n) is 4.60. The molecule has 1 fully saturated rings. The summed E-state index contributed by atoms with van der Waals surface area (Å²) < 4.78 is 6.24. The highest BCUT2D eigenvalue weighted by Gasteiger charge is 2.34. The molecule has 2 aromatic rings. The van der Waals surface area contributed by atoms with Gasteiger partial charge in [0.15, 0.2) is 0 Å². The molecule has 1 aliphatic carbocycles. The molecule has 21 heavy (non-hydrogen) atoms. The number of pyridine rings is 1. The molecule has 0 spiro atoms. The van der Waals surface area contributed by atoms with Crippen molar-refractivity contribution in [1.29, 1.82) is 0 Å². The van der Waals surface area contributed by atoms with Crippen LogP contribution in [0, 0.1) is 5.92 Å². The summed E-state index contributed by atoms with van der Waals surface area (Å²) in [6.45, 7) is 3.45. The number of hydrogen-bond donors (Lipinski definition) is 1. The molecule has 3 heteroatoms. The summed E-state index contributed by atoms with van der Waals surface area (Å²) in [5, 5.41) is 1.17. The first-order valence-corrected chi connectivity index (χ1v) is 7.89. The van der Waals surface area contributed by atoms with Crippen molar-refractivity contribution in [3.63, 3.8) is 0 Å². The monoisotopic (exact) mass is 284 g/mol. The fraction of sp³-hybridized carbons (Fsp3) is 0.500. The molecule has 0 bridgehead atoms. The molecule has 0 saturated heterocycles. The van der Waals surface area contributed by atoms with Crippen molar-refractivity contribution in [3.8, 4) is 0 Å². The minimum absolute atomic E-state index is 0.148. The minimum atomic E-state index is -0.148. The second-order valence-corrected chi connectivity index (χ2v) is 6.37. The Balaban J connectivity index is 1.72. The van der Waals surface area contributed by atoms with Gasteiger partial charge in [0.1, 0.15) is 0 Å². The fourth-order valence-electron chi connectivity index (χ4n) is 3.40. The van der Waals surface area contributed by atoms with Gasteiger partial charge in [-0.2, -0.15) is 0 Å². The van der Waals surface area contributed by atoms with E-state index in [9.17, 15) is 0 Å². The summed E-state index contributed by atoms with van der Waals surface area (Å²) >= 11 is 0. The molecule has 1 heterocycles. The van der Waals surface area contributed by atoms with Crippen LogP contribution in [0.2, 0.25) is 0 Å². The molecule has 112 valence electrons. The molecular formula is C18H24N2O. The number of nitrogens with zero attached hydrogens (tertiary/aromatic N) is 1. The lowest BCUT2D eigenvalue weighted by atomic mass is 9.79. The summed E-state index contributed by atoms with van der Waals surface area (Å²) in [5.41, 5.74) is 7.87. The van der Waals surface area contributed by atoms with Crippen molar-refractivity contribution in [3.05, 3.63) is 42.1 Å². The smallest absolute Gasteiger partial charge is 0.0896 e. The van der Waals surface area contributed by atoms with Gasteiger partial charge in [-0.05, 0) is 30.9 Å². The zero-order valence-electron chi connectivity index (χ0n) is 12.7. The number of benzene rings is 1. The van der Waals surface area contributed by atoms with E-state index in [4.69, 9.17) is 10.5 Å². The number of fused-ring (bicyclic) bond motifs is 1. The van der Waals surface area contributed by atoms with Crippen LogP contribution in [0.25, 0.3) is 10.9 Å². The highest BCUT2D eigenvalue weighted by molar-refractivity contribution is 5.78. The first kappa shape index (κ1) is 14.5. The average molecular weight is 284 g/mol. The SMILES string of the molecule is CC1CCCC(CN)(OCc2ccc3ccccc3n2)C1. The third-order valence-corrected chi connectivity index (χ3v) is 4.60. The highest BCUT2D eigenvalue weighted by atomic mass is 16.5. The standard InChI is InChI=1S/C18H24N2O/c1-14-5-4-10-18(11-14,13-19)21-12-16-9-8-15-6-2-3-7-17(15)20-16/h2-3,6-9,14H,4-5,10-13,19H2,1H3. The molecule has 1 aliphatic rings. The van der Waals surface area contributed by atoms with Crippen LogP contribution < -0.4 is 5.73 Å². The first-order chi connectivity index (χ1) is 10.2. The maximum atomic E-state index is 6.24. The van der Waals surface area contributed by atoms with Crippen LogP contribution >= 0.6 is 0 Å². The summed E-state index contributed by atoms with van der Waals surface area (Å²) in [6.07, 6.45) is 4.64. The van der Waals surface area contributed by atoms with Crippen LogP contribution in [0.4, 0.5) is 0 Å². The van der Waals surface area contributed by atoms with Crippen LogP contribution in [0.1, 0.15) is 38.3 Å². The second kappa shape index (κ2) is 6.12. The lowest BCUT2D eigenvalue weighted by molar-refractivity contribution is -0.0849. The number of aromatic nitrogens is 1. The Morgan fingerprint density at radius 3 is 2.95 bits per heavy atom. The van der Waals surface area contributed by atoms with Crippen LogP contribution in [0.5, 0.6) is 0 Å². The highest BCUT2D eigenvalue weighted by Crippen LogP contribution is 2.35. The van der Waals surface area contributed by atoms with Crippen molar-refractivity contribution >= 4 is 10.9 Å². The lowest BCUT2D eigenvalue weighted by Gasteiger charge is -2.39. The number of rotatable bonds is 4. The first-order valence-electron chi connectivity index (χ1n) is 7.89. The topological polar surface area (TPSA) is 48.1 Å². The Bertz CT molecular complexity index is 613. The van der Waals surface area contributed by atoms with E-state index in [2.05, 4.69) is 30.1 Å². The van der Waals surface area contributed by atoms with E-state index in [1.54, 1.807) is 0 Å². The Kier molecular flexibility index (Phi) is 4.22. The van der Waals surface area contributed by atoms with E-state index < -0.39 is 0 Å². The molecular weight excluding hydrogens is 260 g/mol. The Labute approximate surface area is 126 Å². The van der Waals surface area contributed by atoms with Gasteiger partial charge in [0.2, 0.25) is 0 Å². The van der Waals surface area contributed by atoms with E-state index in [0.29, 0.717) is 19.1 Å². The maximum absolute atomic E-state index is 6.24. The molecule has 2 atom stereocenters. The lowest BCUT2D eigenvalue weighted by Crippen LogP contribution is -2.44. The van der Waals surface area contributed by atoms with Crippen molar-refractivity contribution < 1.29 is 4.74 Å². The molecule has 1 aromatic carbocycles. The van der Waals surface area contributed by atoms with Gasteiger partial charge in [0.05, 0.1) is 23.4 Å². The molecule has 1 aromatic heterocycles. The number of ether oxygens (including phenoxy) is 1. The third kappa shape index (κ3) is 3.25. The van der Waals surface area contributed by atoms with Gasteiger partial charge in [-0.25, -0.2) is 0 Å². The van der Waals surface area contributed by atoms with Gasteiger partial charge in [-0.3, -0.25) is 4.98 Å². The van der Waals surface area contributed by atoms with Crippen LogP contribution in [-0.4, -0.2) is 17.1 Å². The van der Waals surface area contributed by atoms with E-state index in [1.165, 1.54) is 18.2 Å². The largest absolute Gasteiger partial charge is 0.367 e. The van der Waals surface area contributed by atoms with Gasteiger partial charge >= 0.3 is 0 Å². The van der Waals surface area contributed by atoms with Gasteiger partial charge in [-0.15, -0.1) is 0 Å². The second-order valence-electron chi connectivity index (χ2n) is 6.37. The van der Waals surface area contributed by atoms with Crippen molar-refractivity contribution in [1.82, 2.24) is 4.98 Å². The molecule has 0 amide bonds. The molecule has 3 rings (SSSR count). The van der Waals surface area contributed by atoms with Crippen LogP contribution in [0.3, 0.4) is 0 Å². The zero-order chi connectivity index (χ0) is 14.7. The Hall–Kier alpha value is -1.45. The molecule has 1 saturated carbocycles. The predicted octanol–water partition coefficient (Wildman–Crippen LogP) is 3.66. The van der Waals surface area contributed by atoms with Gasteiger partial charge in [0, 0.05) is 11.9 Å². The van der Waals surface area contributed by atoms with E-state index in [1.807, 2.05) is 18.2 Å². The maximum Gasteiger partial charge on any atom is 0.0896 e. The molecule has 2 N–H and O–H groups in total. The average Bonchev–Trinajstić information content (AvgIpc) is 2.53. The van der Waals surface area contributed by atoms with Crippen molar-refractivity contribution in [2.45, 2.75) is 44.8 Å². The number of para-hydroxylation sites is 1. The number of hydrogen-bond acceptors (Lipinski definition) is 3. The van der Waals surface area contributed by atoms with Gasteiger partial charge in [-0.1, -0.05) is 44.0 Å². The summed E-state index contributed by atoms with van der Waals surface area (Å²) in [6, 6.07) is 12.3. The summed E-state index contributed by atoms with van der Waals surface area (Å²) in [7, 11) is 0. The van der Waals surface area contributed by atoms with E-state index in [-0.39, 0.29) is 5.60 Å². The zero-order valence-corrected chi connectivity index (χ0v) is 12.7. The predicted molar refractivity (Wildman–Crippen MR) is 85.9 cm³/mol. The van der Waals surface area contributed by atoms with Crippen molar-refractivity contribution in [2.24, 2.45) is 11.7 Å². The quantitative estimate of drug-likeness (QED) is 0.932. The van der Waals surface area contributed by atoms with E-state index in [0.717, 1.165) is 24.1 Å². The number of nitrogens with two attached hydrogens (primary N) is 1. The minimum Gasteiger partial charge on any atom is -0.367 e. The fourth-order valence-corrected chi connectivity index (χ4v) is 3.40. The molecule has 2 unspecified atom stereocenters. The molecule has 3 nitrogen and oxygen atoms in total. The van der Waals surface area contributed by atoms with Crippen LogP contribution in [-0.2, 0) is 11.3 Å². The van der Waals surface area contributed by atoms with E-state index >= 15 is 0 Å². The molecule has 0 radical (unpaired) electrons. The summed E-state index contributed by atoms with van der Waals surface area (Å²) in [4.78, 5) is 4.68. The Morgan fingerprint density at radius 1 is 1.29 bits per heavy atom. The van der Waals surface area contributed by atoms with Gasteiger partial charge in [0.25, 0.3) is 0 Å². The molecule has 0 aliphatic heterocycles.